The number of benzene rings is 3. The van der Waals surface area contributed by atoms with E-state index in [9.17, 15) is 14.7 Å². The van der Waals surface area contributed by atoms with Crippen LogP contribution in [0.1, 0.15) is 41.2 Å². The Bertz CT molecular complexity index is 1350. The third-order valence-corrected chi connectivity index (χ3v) is 7.59. The van der Waals surface area contributed by atoms with Crippen LogP contribution in [0, 0.1) is 6.92 Å². The van der Waals surface area contributed by atoms with Gasteiger partial charge in [-0.25, -0.2) is 4.79 Å². The van der Waals surface area contributed by atoms with Gasteiger partial charge in [0.1, 0.15) is 12.7 Å². The monoisotopic (exact) mass is 483 g/mol. The molecule has 2 heterocycles. The molecule has 6 rings (SSSR count). The summed E-state index contributed by atoms with van der Waals surface area (Å²) in [7, 11) is 0. The van der Waals surface area contributed by atoms with E-state index in [-0.39, 0.29) is 24.6 Å². The number of cyclic esters (lactones) is 1. The molecule has 2 N–H and O–H groups in total. The summed E-state index contributed by atoms with van der Waals surface area (Å²) in [4.78, 5) is 29.7. The molecule has 0 bridgehead atoms. The zero-order valence-electron chi connectivity index (χ0n) is 20.2. The van der Waals surface area contributed by atoms with Gasteiger partial charge in [-0.3, -0.25) is 14.6 Å². The molecule has 0 saturated carbocycles. The Labute approximate surface area is 210 Å². The zero-order valence-corrected chi connectivity index (χ0v) is 20.2. The molecule has 1 aliphatic carbocycles. The second-order valence-electron chi connectivity index (χ2n) is 9.82. The summed E-state index contributed by atoms with van der Waals surface area (Å²) in [6, 6.07) is 19.5. The SMILES string of the molecule is Cc1cccc2c1N(C1CCN(CC(=O)Nc3cccc4c3-c3ccccc3C4O)CC1)C(=O)OC2. The second kappa shape index (κ2) is 9.08. The van der Waals surface area contributed by atoms with Crippen molar-refractivity contribution in [2.24, 2.45) is 0 Å². The zero-order chi connectivity index (χ0) is 24.8. The van der Waals surface area contributed by atoms with Gasteiger partial charge in [-0.15, -0.1) is 0 Å². The molecule has 3 aromatic carbocycles. The predicted octanol–water partition coefficient (Wildman–Crippen LogP) is 4.62. The lowest BCUT2D eigenvalue weighted by Crippen LogP contribution is -2.50. The summed E-state index contributed by atoms with van der Waals surface area (Å²) >= 11 is 0. The molecule has 7 heteroatoms. The molecule has 36 heavy (non-hydrogen) atoms. The lowest BCUT2D eigenvalue weighted by atomic mass is 9.99. The second-order valence-corrected chi connectivity index (χ2v) is 9.82. The Kier molecular flexibility index (Phi) is 5.74. The number of aliphatic hydroxyl groups is 1. The standard InChI is InChI=1S/C29H29N3O4/c1-18-6-4-7-19-17-36-29(35)32(27(18)19)20-12-14-31(15-13-20)16-25(33)30-24-11-5-10-23-26(24)21-8-2-3-9-22(21)28(23)34/h2-11,20,28,34H,12-17H2,1H3,(H,30,33). The van der Waals surface area contributed by atoms with Crippen LogP contribution in [-0.4, -0.2) is 47.7 Å². The number of likely N-dealkylation sites (tertiary alicyclic amines) is 1. The highest BCUT2D eigenvalue weighted by Gasteiger charge is 2.35. The van der Waals surface area contributed by atoms with Crippen molar-refractivity contribution in [1.29, 1.82) is 0 Å². The number of nitrogens with zero attached hydrogens (tertiary/aromatic N) is 2. The number of carbonyl (C=O) groups excluding carboxylic acids is 2. The Morgan fingerprint density at radius 2 is 1.78 bits per heavy atom. The molecule has 0 aromatic heterocycles. The first kappa shape index (κ1) is 22.8. The van der Waals surface area contributed by atoms with Crippen LogP contribution in [0.5, 0.6) is 0 Å². The Morgan fingerprint density at radius 3 is 2.61 bits per heavy atom. The Balaban J connectivity index is 1.12. The average molecular weight is 484 g/mol. The summed E-state index contributed by atoms with van der Waals surface area (Å²) in [6.07, 6.45) is 0.586. The number of nitrogens with one attached hydrogen (secondary N) is 1. The fourth-order valence-electron chi connectivity index (χ4n) is 5.87. The summed E-state index contributed by atoms with van der Waals surface area (Å²) in [5, 5.41) is 13.8. The third-order valence-electron chi connectivity index (χ3n) is 7.59. The predicted molar refractivity (Wildman–Crippen MR) is 138 cm³/mol. The Morgan fingerprint density at radius 1 is 1.03 bits per heavy atom. The van der Waals surface area contributed by atoms with Crippen LogP contribution >= 0.6 is 0 Å². The van der Waals surface area contributed by atoms with Crippen molar-refractivity contribution in [1.82, 2.24) is 4.90 Å². The lowest BCUT2D eigenvalue weighted by Gasteiger charge is -2.40. The van der Waals surface area contributed by atoms with Gasteiger partial charge in [0.25, 0.3) is 0 Å². The van der Waals surface area contributed by atoms with Crippen molar-refractivity contribution >= 4 is 23.4 Å². The highest BCUT2D eigenvalue weighted by atomic mass is 16.6. The van der Waals surface area contributed by atoms with E-state index in [1.807, 2.05) is 72.5 Å². The van der Waals surface area contributed by atoms with Gasteiger partial charge < -0.3 is 15.2 Å². The van der Waals surface area contributed by atoms with Gasteiger partial charge >= 0.3 is 6.09 Å². The van der Waals surface area contributed by atoms with Crippen LogP contribution in [0.15, 0.2) is 60.7 Å². The molecule has 0 radical (unpaired) electrons. The van der Waals surface area contributed by atoms with Gasteiger partial charge in [-0.05, 0) is 48.1 Å². The number of piperidine rings is 1. The van der Waals surface area contributed by atoms with Crippen LogP contribution in [0.4, 0.5) is 16.2 Å². The van der Waals surface area contributed by atoms with Gasteiger partial charge in [0, 0.05) is 35.9 Å². The first-order valence-electron chi connectivity index (χ1n) is 12.5. The molecule has 184 valence electrons. The molecule has 2 amide bonds. The van der Waals surface area contributed by atoms with Crippen LogP contribution in [-0.2, 0) is 16.1 Å². The number of aryl methyl sites for hydroxylation is 1. The summed E-state index contributed by atoms with van der Waals surface area (Å²) in [6.45, 7) is 4.06. The maximum absolute atomic E-state index is 13.0. The maximum atomic E-state index is 13.0. The van der Waals surface area contributed by atoms with E-state index in [4.69, 9.17) is 4.74 Å². The number of amides is 2. The average Bonchev–Trinajstić information content (AvgIpc) is 3.18. The number of carbonyl (C=O) groups is 2. The number of anilines is 2. The van der Waals surface area contributed by atoms with E-state index in [1.165, 1.54) is 0 Å². The number of para-hydroxylation sites is 1. The van der Waals surface area contributed by atoms with Gasteiger partial charge in [0.15, 0.2) is 0 Å². The molecule has 1 atom stereocenters. The van der Waals surface area contributed by atoms with Crippen molar-refractivity contribution in [3.05, 3.63) is 82.9 Å². The molecule has 0 spiro atoms. The van der Waals surface area contributed by atoms with Gasteiger partial charge in [0.05, 0.1) is 12.2 Å². The van der Waals surface area contributed by atoms with Crippen molar-refractivity contribution < 1.29 is 19.4 Å². The molecule has 1 unspecified atom stereocenters. The molecule has 3 aliphatic rings. The van der Waals surface area contributed by atoms with Crippen molar-refractivity contribution in [2.45, 2.75) is 38.5 Å². The molecule has 2 aliphatic heterocycles. The molecule has 1 saturated heterocycles. The minimum atomic E-state index is -0.678. The molecular weight excluding hydrogens is 454 g/mol. The number of ether oxygens (including phenoxy) is 1. The maximum Gasteiger partial charge on any atom is 0.414 e. The Hall–Kier alpha value is -3.68. The van der Waals surface area contributed by atoms with E-state index in [2.05, 4.69) is 10.2 Å². The largest absolute Gasteiger partial charge is 0.444 e. The lowest BCUT2D eigenvalue weighted by molar-refractivity contribution is -0.117. The fourth-order valence-corrected chi connectivity index (χ4v) is 5.87. The van der Waals surface area contributed by atoms with Crippen molar-refractivity contribution in [3.8, 4) is 11.1 Å². The van der Waals surface area contributed by atoms with E-state index >= 15 is 0 Å². The van der Waals surface area contributed by atoms with E-state index in [1.54, 1.807) is 0 Å². The molecule has 1 fully saturated rings. The smallest absolute Gasteiger partial charge is 0.414 e. The van der Waals surface area contributed by atoms with E-state index in [0.29, 0.717) is 6.61 Å². The van der Waals surface area contributed by atoms with Gasteiger partial charge in [-0.1, -0.05) is 54.6 Å². The first-order chi connectivity index (χ1) is 17.5. The topological polar surface area (TPSA) is 82.1 Å². The van der Waals surface area contributed by atoms with Crippen LogP contribution in [0.25, 0.3) is 11.1 Å². The summed E-state index contributed by atoms with van der Waals surface area (Å²) in [5.41, 5.74) is 7.35. The number of rotatable bonds is 4. The minimum absolute atomic E-state index is 0.0485. The normalized spacial score (nSPS) is 19.3. The number of hydrogen-bond acceptors (Lipinski definition) is 5. The summed E-state index contributed by atoms with van der Waals surface area (Å²) in [5.74, 6) is -0.0840. The highest BCUT2D eigenvalue weighted by molar-refractivity contribution is 5.99. The van der Waals surface area contributed by atoms with Crippen molar-refractivity contribution in [3.63, 3.8) is 0 Å². The van der Waals surface area contributed by atoms with Crippen LogP contribution in [0.2, 0.25) is 0 Å². The van der Waals surface area contributed by atoms with Crippen molar-refractivity contribution in [2.75, 3.05) is 29.9 Å². The summed E-state index contributed by atoms with van der Waals surface area (Å²) < 4.78 is 5.44. The van der Waals surface area contributed by atoms with E-state index < -0.39 is 6.10 Å². The van der Waals surface area contributed by atoms with Gasteiger partial charge in [0.2, 0.25) is 5.91 Å². The molecule has 7 nitrogen and oxygen atoms in total. The number of fused-ring (bicyclic) bond motifs is 4. The molecule has 3 aromatic rings. The highest BCUT2D eigenvalue weighted by Crippen LogP contribution is 2.46. The third kappa shape index (κ3) is 3.85. The fraction of sp³-hybridized carbons (Fsp3) is 0.310. The van der Waals surface area contributed by atoms with Gasteiger partial charge in [-0.2, -0.15) is 0 Å². The van der Waals surface area contributed by atoms with E-state index in [0.717, 1.165) is 70.7 Å². The molecular formula is C29H29N3O4. The number of hydrogen-bond donors (Lipinski definition) is 2. The van der Waals surface area contributed by atoms with Crippen LogP contribution < -0.4 is 10.2 Å². The number of aliphatic hydroxyl groups excluding tert-OH is 1. The van der Waals surface area contributed by atoms with Crippen LogP contribution in [0.3, 0.4) is 0 Å². The quantitative estimate of drug-likeness (QED) is 0.566. The minimum Gasteiger partial charge on any atom is -0.444 e. The first-order valence-corrected chi connectivity index (χ1v) is 12.5.